The van der Waals surface area contributed by atoms with Gasteiger partial charge in [0.1, 0.15) is 6.04 Å². The van der Waals surface area contributed by atoms with Gasteiger partial charge in [-0.15, -0.1) is 0 Å². The van der Waals surface area contributed by atoms with Crippen LogP contribution in [0.4, 0.5) is 0 Å². The van der Waals surface area contributed by atoms with E-state index < -0.39 is 11.6 Å². The van der Waals surface area contributed by atoms with Crippen molar-refractivity contribution < 1.29 is 14.7 Å². The van der Waals surface area contributed by atoms with Gasteiger partial charge in [0.2, 0.25) is 11.8 Å². The number of carbonyl (C=O) groups is 2. The van der Waals surface area contributed by atoms with Crippen LogP contribution in [0.5, 0.6) is 0 Å². The van der Waals surface area contributed by atoms with Crippen LogP contribution in [0, 0.1) is 0 Å². The maximum Gasteiger partial charge on any atom is 0.242 e. The molecule has 2 aliphatic rings. The van der Waals surface area contributed by atoms with E-state index in [1.54, 1.807) is 0 Å². The van der Waals surface area contributed by atoms with Gasteiger partial charge in [-0.25, -0.2) is 0 Å². The molecule has 1 aliphatic heterocycles. The largest absolute Gasteiger partial charge is 0.388 e. The van der Waals surface area contributed by atoms with Crippen LogP contribution in [0.3, 0.4) is 0 Å². The summed E-state index contributed by atoms with van der Waals surface area (Å²) in [6, 6.07) is -0.402. The molecule has 0 bridgehead atoms. The summed E-state index contributed by atoms with van der Waals surface area (Å²) in [6.07, 6.45) is 3.51. The molecule has 5 nitrogen and oxygen atoms in total. The number of aliphatic hydroxyl groups is 1. The number of rotatable bonds is 3. The van der Waals surface area contributed by atoms with Crippen molar-refractivity contribution >= 4 is 11.8 Å². The summed E-state index contributed by atoms with van der Waals surface area (Å²) in [5.74, 6) is -0.251. The Hall–Kier alpha value is -1.10. The van der Waals surface area contributed by atoms with Crippen molar-refractivity contribution in [3.8, 4) is 0 Å². The third-order valence-corrected chi connectivity index (χ3v) is 3.19. The normalized spacial score (nSPS) is 28.1. The molecule has 2 fully saturated rings. The average Bonchev–Trinajstić information content (AvgIpc) is 2.58. The standard InChI is InChI=1S/C10H16N2O3/c13-8-3-2-7(12-8)9(14)11-6-10(15)4-1-5-10/h7,15H,1-6H2,(H,11,14)(H,12,13). The molecular weight excluding hydrogens is 196 g/mol. The highest BCUT2D eigenvalue weighted by Crippen LogP contribution is 2.30. The van der Waals surface area contributed by atoms with Crippen LogP contribution < -0.4 is 10.6 Å². The van der Waals surface area contributed by atoms with Crippen LogP contribution in [0.1, 0.15) is 32.1 Å². The topological polar surface area (TPSA) is 78.4 Å². The average molecular weight is 212 g/mol. The smallest absolute Gasteiger partial charge is 0.242 e. The fraction of sp³-hybridized carbons (Fsp3) is 0.800. The Bertz CT molecular complexity index is 286. The molecule has 1 saturated heterocycles. The summed E-state index contributed by atoms with van der Waals surface area (Å²) in [5, 5.41) is 15.0. The molecule has 15 heavy (non-hydrogen) atoms. The molecule has 2 amide bonds. The molecule has 1 aliphatic carbocycles. The number of amides is 2. The van der Waals surface area contributed by atoms with Gasteiger partial charge >= 0.3 is 0 Å². The minimum atomic E-state index is -0.696. The number of hydrogen-bond donors (Lipinski definition) is 3. The van der Waals surface area contributed by atoms with Crippen LogP contribution in [0.2, 0.25) is 0 Å². The zero-order chi connectivity index (χ0) is 10.9. The summed E-state index contributed by atoms with van der Waals surface area (Å²) >= 11 is 0. The van der Waals surface area contributed by atoms with Crippen molar-refractivity contribution in [1.29, 1.82) is 0 Å². The van der Waals surface area contributed by atoms with Crippen molar-refractivity contribution in [2.24, 2.45) is 0 Å². The van der Waals surface area contributed by atoms with Crippen LogP contribution in [-0.2, 0) is 9.59 Å². The summed E-state index contributed by atoms with van der Waals surface area (Å²) in [7, 11) is 0. The maximum absolute atomic E-state index is 11.5. The Morgan fingerprint density at radius 3 is 2.80 bits per heavy atom. The quantitative estimate of drug-likeness (QED) is 0.578. The van der Waals surface area contributed by atoms with Crippen LogP contribution in [0.15, 0.2) is 0 Å². The molecule has 1 heterocycles. The van der Waals surface area contributed by atoms with Gasteiger partial charge in [0.15, 0.2) is 0 Å². The molecule has 84 valence electrons. The first-order valence-corrected chi connectivity index (χ1v) is 5.39. The van der Waals surface area contributed by atoms with Crippen LogP contribution in [0.25, 0.3) is 0 Å². The molecule has 0 radical (unpaired) electrons. The Morgan fingerprint density at radius 2 is 2.33 bits per heavy atom. The van der Waals surface area contributed by atoms with E-state index in [2.05, 4.69) is 10.6 Å². The monoisotopic (exact) mass is 212 g/mol. The first-order valence-electron chi connectivity index (χ1n) is 5.39. The van der Waals surface area contributed by atoms with Gasteiger partial charge in [0.05, 0.1) is 5.60 Å². The molecule has 1 saturated carbocycles. The van der Waals surface area contributed by atoms with E-state index in [-0.39, 0.29) is 11.8 Å². The summed E-state index contributed by atoms with van der Waals surface area (Å²) in [6.45, 7) is 0.304. The predicted octanol–water partition coefficient (Wildman–Crippen LogP) is -0.704. The van der Waals surface area contributed by atoms with E-state index in [0.29, 0.717) is 19.4 Å². The molecule has 1 unspecified atom stereocenters. The number of carbonyl (C=O) groups excluding carboxylic acids is 2. The van der Waals surface area contributed by atoms with Gasteiger partial charge in [-0.2, -0.15) is 0 Å². The third kappa shape index (κ3) is 2.28. The zero-order valence-corrected chi connectivity index (χ0v) is 8.58. The SMILES string of the molecule is O=C1CCC(C(=O)NCC2(O)CCC2)N1. The van der Waals surface area contributed by atoms with Gasteiger partial charge in [-0.05, 0) is 25.7 Å². The Balaban J connectivity index is 1.75. The van der Waals surface area contributed by atoms with Crippen molar-refractivity contribution in [2.75, 3.05) is 6.54 Å². The summed E-state index contributed by atoms with van der Waals surface area (Å²) in [4.78, 5) is 22.4. The lowest BCUT2D eigenvalue weighted by Crippen LogP contribution is -2.51. The molecule has 0 aromatic carbocycles. The second kappa shape index (κ2) is 3.81. The Kier molecular flexibility index (Phi) is 2.65. The molecule has 0 spiro atoms. The van der Waals surface area contributed by atoms with Crippen LogP contribution in [-0.4, -0.2) is 35.1 Å². The number of hydrogen-bond acceptors (Lipinski definition) is 3. The summed E-state index contributed by atoms with van der Waals surface area (Å²) in [5.41, 5.74) is -0.696. The second-order valence-electron chi connectivity index (χ2n) is 4.45. The van der Waals surface area contributed by atoms with Crippen molar-refractivity contribution in [2.45, 2.75) is 43.7 Å². The highest BCUT2D eigenvalue weighted by Gasteiger charge is 2.35. The minimum Gasteiger partial charge on any atom is -0.388 e. The molecule has 0 aromatic heterocycles. The van der Waals surface area contributed by atoms with E-state index in [0.717, 1.165) is 19.3 Å². The van der Waals surface area contributed by atoms with Gasteiger partial charge < -0.3 is 15.7 Å². The first kappa shape index (κ1) is 10.4. The zero-order valence-electron chi connectivity index (χ0n) is 8.58. The van der Waals surface area contributed by atoms with Gasteiger partial charge in [-0.1, -0.05) is 0 Å². The minimum absolute atomic E-state index is 0.0718. The highest BCUT2D eigenvalue weighted by atomic mass is 16.3. The van der Waals surface area contributed by atoms with Gasteiger partial charge in [0, 0.05) is 13.0 Å². The Morgan fingerprint density at radius 1 is 1.60 bits per heavy atom. The number of nitrogens with one attached hydrogen (secondary N) is 2. The molecule has 2 rings (SSSR count). The lowest BCUT2D eigenvalue weighted by molar-refractivity contribution is -0.127. The molecule has 1 atom stereocenters. The van der Waals surface area contributed by atoms with E-state index >= 15 is 0 Å². The van der Waals surface area contributed by atoms with E-state index in [1.807, 2.05) is 0 Å². The summed E-state index contributed by atoms with van der Waals surface area (Å²) < 4.78 is 0. The molecule has 5 heteroatoms. The molecule has 3 N–H and O–H groups in total. The second-order valence-corrected chi connectivity index (χ2v) is 4.45. The van der Waals surface area contributed by atoms with E-state index in [1.165, 1.54) is 0 Å². The van der Waals surface area contributed by atoms with Crippen molar-refractivity contribution in [3.05, 3.63) is 0 Å². The van der Waals surface area contributed by atoms with E-state index in [4.69, 9.17) is 0 Å². The predicted molar refractivity (Wildman–Crippen MR) is 53.0 cm³/mol. The lowest BCUT2D eigenvalue weighted by atomic mass is 9.80. The molecular formula is C10H16N2O3. The Labute approximate surface area is 88.2 Å². The third-order valence-electron chi connectivity index (χ3n) is 3.19. The van der Waals surface area contributed by atoms with Gasteiger partial charge in [0.25, 0.3) is 0 Å². The van der Waals surface area contributed by atoms with Crippen molar-refractivity contribution in [1.82, 2.24) is 10.6 Å². The van der Waals surface area contributed by atoms with Crippen LogP contribution >= 0.6 is 0 Å². The fourth-order valence-electron chi connectivity index (χ4n) is 1.95. The lowest BCUT2D eigenvalue weighted by Gasteiger charge is -2.36. The van der Waals surface area contributed by atoms with Crippen molar-refractivity contribution in [3.63, 3.8) is 0 Å². The molecule has 0 aromatic rings. The van der Waals surface area contributed by atoms with Gasteiger partial charge in [-0.3, -0.25) is 9.59 Å². The van der Waals surface area contributed by atoms with E-state index in [9.17, 15) is 14.7 Å². The highest BCUT2D eigenvalue weighted by molar-refractivity contribution is 5.90. The fourth-order valence-corrected chi connectivity index (χ4v) is 1.95. The first-order chi connectivity index (χ1) is 7.09. The maximum atomic E-state index is 11.5.